The summed E-state index contributed by atoms with van der Waals surface area (Å²) >= 11 is 2.96. The van der Waals surface area contributed by atoms with Gasteiger partial charge >= 0.3 is 0 Å². The number of sulfonamides is 1. The van der Waals surface area contributed by atoms with Gasteiger partial charge in [0.1, 0.15) is 6.10 Å². The molecule has 0 spiro atoms. The number of nitrogens with one attached hydrogen (secondary N) is 1. The maximum Gasteiger partial charge on any atom is 0.211 e. The summed E-state index contributed by atoms with van der Waals surface area (Å²) in [4.78, 5) is 1.71. The highest BCUT2D eigenvalue weighted by Crippen LogP contribution is 2.29. The van der Waals surface area contributed by atoms with Gasteiger partial charge in [0.05, 0.1) is 5.75 Å². The quantitative estimate of drug-likeness (QED) is 0.859. The molecular formula is C12H15NO3S3. The van der Waals surface area contributed by atoms with Crippen molar-refractivity contribution in [2.24, 2.45) is 0 Å². The fourth-order valence-corrected chi connectivity index (χ4v) is 3.83. The Hall–Kier alpha value is -0.730. The van der Waals surface area contributed by atoms with Crippen molar-refractivity contribution in [3.63, 3.8) is 0 Å². The van der Waals surface area contributed by atoms with E-state index in [-0.39, 0.29) is 12.3 Å². The summed E-state index contributed by atoms with van der Waals surface area (Å²) in [6.07, 6.45) is -0.632. The zero-order valence-corrected chi connectivity index (χ0v) is 12.8. The Morgan fingerprint density at radius 3 is 2.79 bits per heavy atom. The molecule has 2 aromatic rings. The Labute approximate surface area is 120 Å². The first-order chi connectivity index (χ1) is 9.02. The van der Waals surface area contributed by atoms with E-state index in [1.54, 1.807) is 6.92 Å². The highest BCUT2D eigenvalue weighted by Gasteiger charge is 2.14. The average molecular weight is 317 g/mol. The van der Waals surface area contributed by atoms with Crippen LogP contribution < -0.4 is 4.72 Å². The maximum atomic E-state index is 11.3. The van der Waals surface area contributed by atoms with E-state index < -0.39 is 16.1 Å². The molecule has 0 aliphatic rings. The van der Waals surface area contributed by atoms with Crippen LogP contribution in [0.15, 0.2) is 29.0 Å². The van der Waals surface area contributed by atoms with Crippen molar-refractivity contribution in [2.75, 3.05) is 5.75 Å². The average Bonchev–Trinajstić information content (AvgIpc) is 3.07. The molecule has 0 amide bonds. The molecule has 0 aliphatic carbocycles. The highest BCUT2D eigenvalue weighted by molar-refractivity contribution is 7.89. The normalized spacial score (nSPS) is 13.6. The first-order valence-corrected chi connectivity index (χ1v) is 9.19. The van der Waals surface area contributed by atoms with Crippen LogP contribution in [0.5, 0.6) is 0 Å². The molecule has 7 heteroatoms. The molecule has 0 aliphatic heterocycles. The number of hydrogen-bond acceptors (Lipinski definition) is 5. The summed E-state index contributed by atoms with van der Waals surface area (Å²) < 4.78 is 25.2. The standard InChI is InChI=1S/C12H15NO3S3/c1-2-19(15,16)13-7-10-3-4-11(18-10)12(14)9-5-6-17-8-9/h3-6,8,12-14H,2,7H2,1H3. The molecule has 1 unspecified atom stereocenters. The van der Waals surface area contributed by atoms with Crippen LogP contribution in [0.1, 0.15) is 28.3 Å². The molecule has 0 aromatic carbocycles. The predicted octanol–water partition coefficient (Wildman–Crippen LogP) is 2.33. The van der Waals surface area contributed by atoms with Crippen molar-refractivity contribution < 1.29 is 13.5 Å². The Kier molecular flexibility index (Phi) is 4.75. The maximum absolute atomic E-state index is 11.3. The lowest BCUT2D eigenvalue weighted by molar-refractivity contribution is 0.224. The molecule has 0 radical (unpaired) electrons. The van der Waals surface area contributed by atoms with Crippen LogP contribution in [0.4, 0.5) is 0 Å². The van der Waals surface area contributed by atoms with Gasteiger partial charge in [0.25, 0.3) is 0 Å². The second kappa shape index (κ2) is 6.15. The van der Waals surface area contributed by atoms with Crippen LogP contribution in [-0.4, -0.2) is 19.3 Å². The molecule has 0 bridgehead atoms. The fraction of sp³-hybridized carbons (Fsp3) is 0.333. The van der Waals surface area contributed by atoms with Gasteiger partial charge in [-0.05, 0) is 41.4 Å². The second-order valence-corrected chi connectivity index (χ2v) is 8.06. The first-order valence-electron chi connectivity index (χ1n) is 5.78. The first kappa shape index (κ1) is 14.7. The largest absolute Gasteiger partial charge is 0.383 e. The van der Waals surface area contributed by atoms with E-state index in [1.165, 1.54) is 22.7 Å². The van der Waals surface area contributed by atoms with Gasteiger partial charge in [-0.15, -0.1) is 11.3 Å². The van der Waals surface area contributed by atoms with Crippen molar-refractivity contribution in [3.05, 3.63) is 44.3 Å². The van der Waals surface area contributed by atoms with E-state index in [0.717, 1.165) is 15.3 Å². The Balaban J connectivity index is 2.03. The van der Waals surface area contributed by atoms with Gasteiger partial charge in [-0.2, -0.15) is 11.3 Å². The molecule has 0 fully saturated rings. The lowest BCUT2D eigenvalue weighted by Gasteiger charge is -2.05. The van der Waals surface area contributed by atoms with Gasteiger partial charge in [0, 0.05) is 16.3 Å². The van der Waals surface area contributed by atoms with Crippen LogP contribution in [0.2, 0.25) is 0 Å². The van der Waals surface area contributed by atoms with E-state index in [4.69, 9.17) is 0 Å². The highest BCUT2D eigenvalue weighted by atomic mass is 32.2. The molecule has 104 valence electrons. The van der Waals surface area contributed by atoms with Gasteiger partial charge in [0.2, 0.25) is 10.0 Å². The topological polar surface area (TPSA) is 66.4 Å². The lowest BCUT2D eigenvalue weighted by atomic mass is 10.2. The molecule has 2 heterocycles. The van der Waals surface area contributed by atoms with Gasteiger partial charge < -0.3 is 5.11 Å². The van der Waals surface area contributed by atoms with E-state index in [0.29, 0.717) is 0 Å². The Bertz CT molecular complexity index is 616. The van der Waals surface area contributed by atoms with Crippen LogP contribution in [0.25, 0.3) is 0 Å². The summed E-state index contributed by atoms with van der Waals surface area (Å²) in [5, 5.41) is 14.0. The van der Waals surface area contributed by atoms with Gasteiger partial charge in [0.15, 0.2) is 0 Å². The minimum absolute atomic E-state index is 0.0722. The Morgan fingerprint density at radius 2 is 2.16 bits per heavy atom. The van der Waals surface area contributed by atoms with E-state index in [2.05, 4.69) is 4.72 Å². The predicted molar refractivity (Wildman–Crippen MR) is 79.0 cm³/mol. The molecular weight excluding hydrogens is 302 g/mol. The number of aliphatic hydroxyl groups excluding tert-OH is 1. The summed E-state index contributed by atoms with van der Waals surface area (Å²) in [5.74, 6) is 0.0722. The van der Waals surface area contributed by atoms with E-state index in [9.17, 15) is 13.5 Å². The van der Waals surface area contributed by atoms with Gasteiger partial charge in [-0.1, -0.05) is 0 Å². The summed E-state index contributed by atoms with van der Waals surface area (Å²) in [6.45, 7) is 1.87. The summed E-state index contributed by atoms with van der Waals surface area (Å²) in [5.41, 5.74) is 0.868. The third kappa shape index (κ3) is 3.87. The second-order valence-electron chi connectivity index (χ2n) is 3.99. The minimum Gasteiger partial charge on any atom is -0.383 e. The van der Waals surface area contributed by atoms with Crippen molar-refractivity contribution in [2.45, 2.75) is 19.6 Å². The number of aliphatic hydroxyl groups is 1. The summed E-state index contributed by atoms with van der Waals surface area (Å²) in [6, 6.07) is 5.56. The molecule has 2 N–H and O–H groups in total. The SMILES string of the molecule is CCS(=O)(=O)NCc1ccc(C(O)c2ccsc2)s1. The fourth-order valence-electron chi connectivity index (χ4n) is 1.51. The molecule has 0 saturated heterocycles. The molecule has 0 saturated carbocycles. The number of hydrogen-bond donors (Lipinski definition) is 2. The van der Waals surface area contributed by atoms with Crippen molar-refractivity contribution in [1.82, 2.24) is 4.72 Å². The monoisotopic (exact) mass is 317 g/mol. The third-order valence-electron chi connectivity index (χ3n) is 2.66. The summed E-state index contributed by atoms with van der Waals surface area (Å²) in [7, 11) is -3.18. The number of thiophene rings is 2. The Morgan fingerprint density at radius 1 is 1.37 bits per heavy atom. The van der Waals surface area contributed by atoms with Crippen molar-refractivity contribution in [3.8, 4) is 0 Å². The van der Waals surface area contributed by atoms with Crippen LogP contribution in [-0.2, 0) is 16.6 Å². The van der Waals surface area contributed by atoms with Crippen LogP contribution in [0.3, 0.4) is 0 Å². The van der Waals surface area contributed by atoms with Crippen LogP contribution in [0, 0.1) is 0 Å². The zero-order valence-electron chi connectivity index (χ0n) is 10.4. The lowest BCUT2D eigenvalue weighted by Crippen LogP contribution is -2.24. The van der Waals surface area contributed by atoms with Gasteiger partial charge in [-0.25, -0.2) is 13.1 Å². The van der Waals surface area contributed by atoms with E-state index >= 15 is 0 Å². The van der Waals surface area contributed by atoms with Crippen LogP contribution >= 0.6 is 22.7 Å². The molecule has 4 nitrogen and oxygen atoms in total. The molecule has 1 atom stereocenters. The van der Waals surface area contributed by atoms with E-state index in [1.807, 2.05) is 29.0 Å². The minimum atomic E-state index is -3.18. The molecule has 19 heavy (non-hydrogen) atoms. The van der Waals surface area contributed by atoms with Crippen molar-refractivity contribution in [1.29, 1.82) is 0 Å². The van der Waals surface area contributed by atoms with Crippen molar-refractivity contribution >= 4 is 32.7 Å². The zero-order chi connectivity index (χ0) is 13.9. The molecule has 2 aromatic heterocycles. The molecule has 2 rings (SSSR count). The number of rotatable bonds is 6. The third-order valence-corrected chi connectivity index (χ3v) is 5.84. The smallest absolute Gasteiger partial charge is 0.211 e. The van der Waals surface area contributed by atoms with Gasteiger partial charge in [-0.3, -0.25) is 0 Å².